The fourth-order valence-electron chi connectivity index (χ4n) is 1.70. The summed E-state index contributed by atoms with van der Waals surface area (Å²) < 4.78 is 13.3. The topological polar surface area (TPSA) is 43.7 Å². The molecule has 0 aliphatic carbocycles. The maximum Gasteiger partial charge on any atom is 0.146 e. The first kappa shape index (κ1) is 9.27. The number of nitrogens with zero attached hydrogens (tertiary/aromatic N) is 1. The Kier molecular flexibility index (Phi) is 2.29. The zero-order valence-corrected chi connectivity index (χ0v) is 7.65. The summed E-state index contributed by atoms with van der Waals surface area (Å²) in [5.74, 6) is -0.320. The SMILES string of the molecule is Oc1ccc(F)c(N2CCC(O)C2)c1. The van der Waals surface area contributed by atoms with E-state index >= 15 is 0 Å². The van der Waals surface area contributed by atoms with E-state index in [1.807, 2.05) is 0 Å². The minimum Gasteiger partial charge on any atom is -0.508 e. The molecule has 0 aromatic heterocycles. The predicted octanol–water partition coefficient (Wildman–Crippen LogP) is 1.10. The van der Waals surface area contributed by atoms with E-state index in [4.69, 9.17) is 0 Å². The molecule has 0 saturated carbocycles. The molecule has 1 heterocycles. The average Bonchev–Trinajstić information content (AvgIpc) is 2.56. The number of aromatic hydroxyl groups is 1. The number of hydrogen-bond donors (Lipinski definition) is 2. The van der Waals surface area contributed by atoms with Gasteiger partial charge in [-0.1, -0.05) is 0 Å². The third-order valence-corrected chi connectivity index (χ3v) is 2.43. The van der Waals surface area contributed by atoms with Gasteiger partial charge < -0.3 is 15.1 Å². The highest BCUT2D eigenvalue weighted by Gasteiger charge is 2.22. The number of β-amino-alcohol motifs (C(OH)–C–C–N with tert-alkyl or cyclic N) is 1. The van der Waals surface area contributed by atoms with Crippen molar-refractivity contribution in [1.29, 1.82) is 0 Å². The molecule has 1 aliphatic heterocycles. The Morgan fingerprint density at radius 2 is 2.21 bits per heavy atom. The average molecular weight is 197 g/mol. The quantitative estimate of drug-likeness (QED) is 0.708. The third kappa shape index (κ3) is 1.65. The summed E-state index contributed by atoms with van der Waals surface area (Å²) in [5.41, 5.74) is 0.363. The number of phenolic OH excluding ortho intramolecular Hbond substituents is 1. The monoisotopic (exact) mass is 197 g/mol. The standard InChI is InChI=1S/C10H12FNO2/c11-9-2-1-7(13)5-10(9)12-4-3-8(14)6-12/h1-2,5,8,13-14H,3-4,6H2. The maximum atomic E-state index is 13.3. The Morgan fingerprint density at radius 3 is 2.86 bits per heavy atom. The van der Waals surface area contributed by atoms with E-state index in [9.17, 15) is 14.6 Å². The molecule has 2 N–H and O–H groups in total. The van der Waals surface area contributed by atoms with Crippen LogP contribution in [-0.2, 0) is 0 Å². The summed E-state index contributed by atoms with van der Waals surface area (Å²) in [6.07, 6.45) is 0.256. The summed E-state index contributed by atoms with van der Waals surface area (Å²) in [5, 5.41) is 18.5. The van der Waals surface area contributed by atoms with Gasteiger partial charge in [-0.05, 0) is 18.6 Å². The van der Waals surface area contributed by atoms with E-state index in [0.717, 1.165) is 0 Å². The highest BCUT2D eigenvalue weighted by molar-refractivity contribution is 5.52. The van der Waals surface area contributed by atoms with Crippen LogP contribution in [0.25, 0.3) is 0 Å². The van der Waals surface area contributed by atoms with Gasteiger partial charge >= 0.3 is 0 Å². The molecule has 0 spiro atoms. The molecular weight excluding hydrogens is 185 g/mol. The summed E-state index contributed by atoms with van der Waals surface area (Å²) in [6, 6.07) is 3.92. The molecule has 1 saturated heterocycles. The van der Waals surface area contributed by atoms with Gasteiger partial charge in [0.1, 0.15) is 11.6 Å². The first-order valence-corrected chi connectivity index (χ1v) is 4.58. The van der Waals surface area contributed by atoms with Gasteiger partial charge in [0.2, 0.25) is 0 Å². The van der Waals surface area contributed by atoms with Crippen LogP contribution in [0.1, 0.15) is 6.42 Å². The second-order valence-corrected chi connectivity index (χ2v) is 3.52. The number of aliphatic hydroxyl groups excluding tert-OH is 1. The number of aliphatic hydroxyl groups is 1. The molecule has 14 heavy (non-hydrogen) atoms. The van der Waals surface area contributed by atoms with Crippen LogP contribution in [0.15, 0.2) is 18.2 Å². The Hall–Kier alpha value is -1.29. The van der Waals surface area contributed by atoms with Crippen molar-refractivity contribution in [3.8, 4) is 5.75 Å². The molecule has 1 aliphatic rings. The molecule has 3 nitrogen and oxygen atoms in total. The lowest BCUT2D eigenvalue weighted by atomic mass is 10.2. The van der Waals surface area contributed by atoms with Crippen molar-refractivity contribution >= 4 is 5.69 Å². The second kappa shape index (κ2) is 3.46. The Morgan fingerprint density at radius 1 is 1.43 bits per heavy atom. The summed E-state index contributed by atoms with van der Waals surface area (Å²) >= 11 is 0. The van der Waals surface area contributed by atoms with Crippen molar-refractivity contribution in [2.45, 2.75) is 12.5 Å². The number of rotatable bonds is 1. The first-order valence-electron chi connectivity index (χ1n) is 4.58. The number of hydrogen-bond acceptors (Lipinski definition) is 3. The van der Waals surface area contributed by atoms with Crippen LogP contribution in [-0.4, -0.2) is 29.4 Å². The van der Waals surface area contributed by atoms with Crippen LogP contribution in [0, 0.1) is 5.82 Å². The summed E-state index contributed by atoms with van der Waals surface area (Å²) in [6.45, 7) is 1.06. The molecular formula is C10H12FNO2. The van der Waals surface area contributed by atoms with Crippen molar-refractivity contribution in [1.82, 2.24) is 0 Å². The first-order chi connectivity index (χ1) is 6.66. The van der Waals surface area contributed by atoms with Gasteiger partial charge in [0.05, 0.1) is 11.8 Å². The largest absolute Gasteiger partial charge is 0.508 e. The Labute approximate surface area is 81.4 Å². The fourth-order valence-corrected chi connectivity index (χ4v) is 1.70. The minimum atomic E-state index is -0.392. The van der Waals surface area contributed by atoms with Crippen molar-refractivity contribution in [3.63, 3.8) is 0 Å². The normalized spacial score (nSPS) is 21.6. The molecule has 76 valence electrons. The lowest BCUT2D eigenvalue weighted by Gasteiger charge is -2.18. The van der Waals surface area contributed by atoms with Crippen molar-refractivity contribution in [2.75, 3.05) is 18.0 Å². The molecule has 1 fully saturated rings. The van der Waals surface area contributed by atoms with Crippen molar-refractivity contribution in [2.24, 2.45) is 0 Å². The number of halogens is 1. The van der Waals surface area contributed by atoms with E-state index in [0.29, 0.717) is 25.2 Å². The van der Waals surface area contributed by atoms with Crippen LogP contribution in [0.5, 0.6) is 5.75 Å². The molecule has 2 rings (SSSR count). The Bertz CT molecular complexity index is 343. The molecule has 0 radical (unpaired) electrons. The number of anilines is 1. The molecule has 1 aromatic carbocycles. The van der Waals surface area contributed by atoms with Crippen LogP contribution >= 0.6 is 0 Å². The Balaban J connectivity index is 2.27. The van der Waals surface area contributed by atoms with E-state index < -0.39 is 6.10 Å². The molecule has 4 heteroatoms. The molecule has 0 amide bonds. The van der Waals surface area contributed by atoms with Gasteiger partial charge in [-0.15, -0.1) is 0 Å². The minimum absolute atomic E-state index is 0.0442. The fraction of sp³-hybridized carbons (Fsp3) is 0.400. The van der Waals surface area contributed by atoms with E-state index in [1.54, 1.807) is 4.90 Å². The van der Waals surface area contributed by atoms with Gasteiger partial charge in [0.25, 0.3) is 0 Å². The molecule has 0 bridgehead atoms. The zero-order chi connectivity index (χ0) is 10.1. The van der Waals surface area contributed by atoms with Gasteiger partial charge in [-0.25, -0.2) is 4.39 Å². The highest BCUT2D eigenvalue weighted by Crippen LogP contribution is 2.27. The van der Waals surface area contributed by atoms with E-state index in [-0.39, 0.29) is 11.6 Å². The van der Waals surface area contributed by atoms with Gasteiger partial charge in [0.15, 0.2) is 0 Å². The van der Waals surface area contributed by atoms with Crippen molar-refractivity contribution in [3.05, 3.63) is 24.0 Å². The second-order valence-electron chi connectivity index (χ2n) is 3.52. The van der Waals surface area contributed by atoms with Gasteiger partial charge in [0, 0.05) is 19.2 Å². The molecule has 1 atom stereocenters. The molecule has 1 aromatic rings. The lowest BCUT2D eigenvalue weighted by Crippen LogP contribution is -2.22. The van der Waals surface area contributed by atoms with Gasteiger partial charge in [-0.3, -0.25) is 0 Å². The van der Waals surface area contributed by atoms with Crippen LogP contribution in [0.2, 0.25) is 0 Å². The number of benzene rings is 1. The highest BCUT2D eigenvalue weighted by atomic mass is 19.1. The van der Waals surface area contributed by atoms with Crippen LogP contribution in [0.4, 0.5) is 10.1 Å². The third-order valence-electron chi connectivity index (χ3n) is 2.43. The van der Waals surface area contributed by atoms with Gasteiger partial charge in [-0.2, -0.15) is 0 Å². The molecule has 1 unspecified atom stereocenters. The van der Waals surface area contributed by atoms with Crippen LogP contribution in [0.3, 0.4) is 0 Å². The van der Waals surface area contributed by atoms with Crippen LogP contribution < -0.4 is 4.90 Å². The maximum absolute atomic E-state index is 13.3. The summed E-state index contributed by atoms with van der Waals surface area (Å²) in [7, 11) is 0. The lowest BCUT2D eigenvalue weighted by molar-refractivity contribution is 0.198. The van der Waals surface area contributed by atoms with E-state index in [2.05, 4.69) is 0 Å². The number of phenols is 1. The zero-order valence-electron chi connectivity index (χ0n) is 7.65. The van der Waals surface area contributed by atoms with Crippen molar-refractivity contribution < 1.29 is 14.6 Å². The summed E-state index contributed by atoms with van der Waals surface area (Å²) in [4.78, 5) is 1.74. The smallest absolute Gasteiger partial charge is 0.146 e. The predicted molar refractivity (Wildman–Crippen MR) is 50.9 cm³/mol. The van der Waals surface area contributed by atoms with E-state index in [1.165, 1.54) is 18.2 Å².